The van der Waals surface area contributed by atoms with Crippen molar-refractivity contribution in [1.82, 2.24) is 0 Å². The molecule has 1 rings (SSSR count). The summed E-state index contributed by atoms with van der Waals surface area (Å²) in [5, 5.41) is 0. The molecule has 0 fully saturated rings. The van der Waals surface area contributed by atoms with Gasteiger partial charge in [0.25, 0.3) is 0 Å². The van der Waals surface area contributed by atoms with E-state index in [1.807, 2.05) is 0 Å². The van der Waals surface area contributed by atoms with Gasteiger partial charge in [-0.15, -0.1) is 13.2 Å². The standard InChI is InChI=1S/C10H12F3NO2/c1-2-15-9-5-7(6-14)3-4-8(9)16-10(11,12)13/h3-5H,2,6,14H2,1H3. The Bertz CT molecular complexity index is 352. The Morgan fingerprint density at radius 1 is 1.25 bits per heavy atom. The molecule has 6 heteroatoms. The second-order valence-electron chi connectivity index (χ2n) is 2.97. The van der Waals surface area contributed by atoms with Crippen molar-refractivity contribution in [2.45, 2.75) is 19.8 Å². The molecule has 16 heavy (non-hydrogen) atoms. The molecule has 1 aromatic rings. The van der Waals surface area contributed by atoms with Crippen molar-refractivity contribution < 1.29 is 22.6 Å². The monoisotopic (exact) mass is 235 g/mol. The molecule has 0 aliphatic heterocycles. The first-order valence-corrected chi connectivity index (χ1v) is 4.67. The van der Waals surface area contributed by atoms with Crippen LogP contribution in [0.25, 0.3) is 0 Å². The van der Waals surface area contributed by atoms with E-state index in [-0.39, 0.29) is 24.7 Å². The fourth-order valence-corrected chi connectivity index (χ4v) is 1.16. The average molecular weight is 235 g/mol. The lowest BCUT2D eigenvalue weighted by atomic mass is 10.2. The maximum Gasteiger partial charge on any atom is 0.573 e. The molecule has 0 bridgehead atoms. The maximum atomic E-state index is 12.0. The van der Waals surface area contributed by atoms with Crippen LogP contribution in [0.4, 0.5) is 13.2 Å². The molecule has 2 N–H and O–H groups in total. The third kappa shape index (κ3) is 3.62. The molecule has 90 valence electrons. The average Bonchev–Trinajstić information content (AvgIpc) is 2.19. The molecule has 0 saturated heterocycles. The van der Waals surface area contributed by atoms with E-state index in [0.29, 0.717) is 5.56 Å². The van der Waals surface area contributed by atoms with Gasteiger partial charge in [-0.1, -0.05) is 6.07 Å². The molecule has 0 aliphatic rings. The normalized spacial score (nSPS) is 11.3. The highest BCUT2D eigenvalue weighted by Gasteiger charge is 2.32. The minimum atomic E-state index is -4.73. The van der Waals surface area contributed by atoms with E-state index in [1.54, 1.807) is 6.92 Å². The summed E-state index contributed by atoms with van der Waals surface area (Å²) in [6.07, 6.45) is -4.73. The number of hydrogen-bond donors (Lipinski definition) is 1. The molecule has 0 spiro atoms. The van der Waals surface area contributed by atoms with Crippen molar-refractivity contribution in [2.75, 3.05) is 6.61 Å². The van der Waals surface area contributed by atoms with Gasteiger partial charge in [0.05, 0.1) is 6.61 Å². The van der Waals surface area contributed by atoms with Crippen LogP contribution in [0.3, 0.4) is 0 Å². The van der Waals surface area contributed by atoms with Crippen molar-refractivity contribution in [2.24, 2.45) is 5.73 Å². The molecule has 0 radical (unpaired) electrons. The number of hydrogen-bond acceptors (Lipinski definition) is 3. The van der Waals surface area contributed by atoms with Gasteiger partial charge in [0.2, 0.25) is 0 Å². The largest absolute Gasteiger partial charge is 0.573 e. The van der Waals surface area contributed by atoms with Crippen LogP contribution in [0.15, 0.2) is 18.2 Å². The molecular formula is C10H12F3NO2. The van der Waals surface area contributed by atoms with E-state index in [2.05, 4.69) is 4.74 Å². The summed E-state index contributed by atoms with van der Waals surface area (Å²) in [6, 6.07) is 4.09. The maximum absolute atomic E-state index is 12.0. The third-order valence-corrected chi connectivity index (χ3v) is 1.77. The van der Waals surface area contributed by atoms with Gasteiger partial charge in [0.15, 0.2) is 11.5 Å². The molecule has 0 atom stereocenters. The highest BCUT2D eigenvalue weighted by Crippen LogP contribution is 2.32. The van der Waals surface area contributed by atoms with Crippen LogP contribution in [-0.2, 0) is 6.54 Å². The first kappa shape index (κ1) is 12.6. The number of rotatable bonds is 4. The van der Waals surface area contributed by atoms with Crippen LogP contribution in [0, 0.1) is 0 Å². The minimum Gasteiger partial charge on any atom is -0.490 e. The van der Waals surface area contributed by atoms with Gasteiger partial charge < -0.3 is 15.2 Å². The lowest BCUT2D eigenvalue weighted by molar-refractivity contribution is -0.275. The zero-order chi connectivity index (χ0) is 12.2. The van der Waals surface area contributed by atoms with Crippen molar-refractivity contribution in [3.05, 3.63) is 23.8 Å². The summed E-state index contributed by atoms with van der Waals surface area (Å²) in [5.41, 5.74) is 6.05. The Kier molecular flexibility index (Phi) is 4.00. The smallest absolute Gasteiger partial charge is 0.490 e. The van der Waals surface area contributed by atoms with E-state index in [1.165, 1.54) is 18.2 Å². The SMILES string of the molecule is CCOc1cc(CN)ccc1OC(F)(F)F. The Labute approximate surface area is 91.0 Å². The predicted octanol–water partition coefficient (Wildman–Crippen LogP) is 2.44. The van der Waals surface area contributed by atoms with Gasteiger partial charge in [0.1, 0.15) is 0 Å². The molecule has 0 amide bonds. The molecular weight excluding hydrogens is 223 g/mol. The van der Waals surface area contributed by atoms with E-state index in [9.17, 15) is 13.2 Å². The van der Waals surface area contributed by atoms with Crippen LogP contribution in [0.2, 0.25) is 0 Å². The van der Waals surface area contributed by atoms with Gasteiger partial charge in [-0.3, -0.25) is 0 Å². The second kappa shape index (κ2) is 5.07. The molecule has 0 heterocycles. The molecule has 0 unspecified atom stereocenters. The van der Waals surface area contributed by atoms with E-state index in [0.717, 1.165) is 0 Å². The molecule has 0 aromatic heterocycles. The fourth-order valence-electron chi connectivity index (χ4n) is 1.16. The highest BCUT2D eigenvalue weighted by atomic mass is 19.4. The van der Waals surface area contributed by atoms with Gasteiger partial charge in [0, 0.05) is 6.54 Å². The summed E-state index contributed by atoms with van der Waals surface area (Å²) >= 11 is 0. The van der Waals surface area contributed by atoms with Crippen molar-refractivity contribution in [3.8, 4) is 11.5 Å². The first-order chi connectivity index (χ1) is 7.46. The van der Waals surface area contributed by atoms with Crippen LogP contribution >= 0.6 is 0 Å². The summed E-state index contributed by atoms with van der Waals surface area (Å²) in [7, 11) is 0. The molecule has 0 saturated carbocycles. The second-order valence-corrected chi connectivity index (χ2v) is 2.97. The number of nitrogens with two attached hydrogens (primary N) is 1. The fraction of sp³-hybridized carbons (Fsp3) is 0.400. The van der Waals surface area contributed by atoms with Crippen molar-refractivity contribution in [1.29, 1.82) is 0 Å². The number of ether oxygens (including phenoxy) is 2. The quantitative estimate of drug-likeness (QED) is 0.871. The topological polar surface area (TPSA) is 44.5 Å². The Hall–Kier alpha value is -1.43. The Morgan fingerprint density at radius 2 is 1.94 bits per heavy atom. The summed E-state index contributed by atoms with van der Waals surface area (Å²) < 4.78 is 45.0. The van der Waals surface area contributed by atoms with Crippen molar-refractivity contribution >= 4 is 0 Å². The highest BCUT2D eigenvalue weighted by molar-refractivity contribution is 5.43. The lowest BCUT2D eigenvalue weighted by Gasteiger charge is -2.14. The van der Waals surface area contributed by atoms with Gasteiger partial charge in [-0.25, -0.2) is 0 Å². The van der Waals surface area contributed by atoms with Crippen molar-refractivity contribution in [3.63, 3.8) is 0 Å². The van der Waals surface area contributed by atoms with Crippen LogP contribution < -0.4 is 15.2 Å². The molecule has 0 aliphatic carbocycles. The summed E-state index contributed by atoms with van der Waals surface area (Å²) in [4.78, 5) is 0. The minimum absolute atomic E-state index is 0.0442. The zero-order valence-electron chi connectivity index (χ0n) is 8.67. The van der Waals surface area contributed by atoms with Crippen LogP contribution in [0.1, 0.15) is 12.5 Å². The number of alkyl halides is 3. The predicted molar refractivity (Wildman–Crippen MR) is 52.2 cm³/mol. The molecule has 3 nitrogen and oxygen atoms in total. The number of benzene rings is 1. The first-order valence-electron chi connectivity index (χ1n) is 4.67. The van der Waals surface area contributed by atoms with Crippen LogP contribution in [-0.4, -0.2) is 13.0 Å². The van der Waals surface area contributed by atoms with Gasteiger partial charge >= 0.3 is 6.36 Å². The summed E-state index contributed by atoms with van der Waals surface area (Å²) in [6.45, 7) is 2.15. The van der Waals surface area contributed by atoms with E-state index in [4.69, 9.17) is 10.5 Å². The number of halogens is 3. The zero-order valence-corrected chi connectivity index (χ0v) is 8.67. The molecule has 1 aromatic carbocycles. The lowest BCUT2D eigenvalue weighted by Crippen LogP contribution is -2.18. The van der Waals surface area contributed by atoms with E-state index < -0.39 is 6.36 Å². The van der Waals surface area contributed by atoms with E-state index >= 15 is 0 Å². The van der Waals surface area contributed by atoms with Gasteiger partial charge in [-0.2, -0.15) is 0 Å². The Morgan fingerprint density at radius 3 is 2.44 bits per heavy atom. The third-order valence-electron chi connectivity index (χ3n) is 1.77. The van der Waals surface area contributed by atoms with Crippen LogP contribution in [0.5, 0.6) is 11.5 Å². The summed E-state index contributed by atoms with van der Waals surface area (Å²) in [5.74, 6) is -0.311. The Balaban J connectivity index is 2.98. The van der Waals surface area contributed by atoms with Gasteiger partial charge in [-0.05, 0) is 24.6 Å².